The van der Waals surface area contributed by atoms with Crippen LogP contribution < -0.4 is 19.5 Å². The second-order valence-corrected chi connectivity index (χ2v) is 10.2. The fourth-order valence-electron chi connectivity index (χ4n) is 4.13. The molecule has 2 aliphatic rings. The molecular weight excluding hydrogens is 444 g/mol. The molecule has 4 rings (SSSR count). The number of benzene rings is 2. The summed E-state index contributed by atoms with van der Waals surface area (Å²) in [4.78, 5) is 13.0. The number of sulfonamides is 1. The van der Waals surface area contributed by atoms with E-state index in [9.17, 15) is 13.2 Å². The van der Waals surface area contributed by atoms with Gasteiger partial charge >= 0.3 is 0 Å². The van der Waals surface area contributed by atoms with Crippen molar-refractivity contribution in [2.75, 3.05) is 33.4 Å². The molecule has 33 heavy (non-hydrogen) atoms. The van der Waals surface area contributed by atoms with Gasteiger partial charge in [-0.3, -0.25) is 4.79 Å². The second-order valence-electron chi connectivity index (χ2n) is 8.28. The highest BCUT2D eigenvalue weighted by Gasteiger charge is 2.29. The second kappa shape index (κ2) is 10.0. The molecule has 9 heteroatoms. The Morgan fingerprint density at radius 2 is 1.70 bits per heavy atom. The molecule has 0 aromatic heterocycles. The van der Waals surface area contributed by atoms with Gasteiger partial charge in [0.25, 0.3) is 5.91 Å². The normalized spacial score (nSPS) is 17.6. The molecule has 0 radical (unpaired) electrons. The van der Waals surface area contributed by atoms with Crippen LogP contribution in [0.5, 0.6) is 17.2 Å². The lowest BCUT2D eigenvalue weighted by Gasteiger charge is -2.22. The molecule has 0 bridgehead atoms. The quantitative estimate of drug-likeness (QED) is 0.689. The Morgan fingerprint density at radius 1 is 1.00 bits per heavy atom. The average Bonchev–Trinajstić information content (AvgIpc) is 3.13. The van der Waals surface area contributed by atoms with E-state index < -0.39 is 10.0 Å². The third-order valence-electron chi connectivity index (χ3n) is 6.02. The zero-order valence-corrected chi connectivity index (χ0v) is 19.8. The van der Waals surface area contributed by atoms with E-state index in [0.29, 0.717) is 37.8 Å². The zero-order chi connectivity index (χ0) is 23.4. The minimum absolute atomic E-state index is 0.0199. The van der Waals surface area contributed by atoms with Crippen molar-refractivity contribution in [3.8, 4) is 17.2 Å². The molecule has 2 aromatic carbocycles. The largest absolute Gasteiger partial charge is 0.495 e. The van der Waals surface area contributed by atoms with Crippen molar-refractivity contribution < 1.29 is 27.4 Å². The van der Waals surface area contributed by atoms with Crippen LogP contribution in [0.15, 0.2) is 41.3 Å². The summed E-state index contributed by atoms with van der Waals surface area (Å²) in [5, 5.41) is 2.94. The maximum Gasteiger partial charge on any atom is 0.251 e. The van der Waals surface area contributed by atoms with E-state index in [1.165, 1.54) is 23.5 Å². The number of amides is 1. The molecule has 1 N–H and O–H groups in total. The minimum atomic E-state index is -3.78. The SMILES string of the molecule is COc1ccc(C(=O)NC(C)c2ccc3c(c2)OCCO3)cc1S(=O)(=O)N1CCCCCC1. The third-order valence-corrected chi connectivity index (χ3v) is 7.94. The number of nitrogens with zero attached hydrogens (tertiary/aromatic N) is 1. The molecule has 2 heterocycles. The highest BCUT2D eigenvalue weighted by molar-refractivity contribution is 7.89. The molecule has 1 atom stereocenters. The first-order valence-electron chi connectivity index (χ1n) is 11.3. The van der Waals surface area contributed by atoms with Crippen molar-refractivity contribution in [3.63, 3.8) is 0 Å². The van der Waals surface area contributed by atoms with Crippen molar-refractivity contribution >= 4 is 15.9 Å². The van der Waals surface area contributed by atoms with Gasteiger partial charge in [-0.2, -0.15) is 4.31 Å². The monoisotopic (exact) mass is 474 g/mol. The van der Waals surface area contributed by atoms with Crippen molar-refractivity contribution in [1.82, 2.24) is 9.62 Å². The Hall–Kier alpha value is -2.78. The van der Waals surface area contributed by atoms with Crippen LogP contribution in [-0.2, 0) is 10.0 Å². The molecule has 1 saturated heterocycles. The molecule has 1 fully saturated rings. The molecule has 2 aliphatic heterocycles. The van der Waals surface area contributed by atoms with E-state index in [2.05, 4.69) is 5.32 Å². The molecule has 0 aliphatic carbocycles. The van der Waals surface area contributed by atoms with E-state index in [1.807, 2.05) is 25.1 Å². The summed E-state index contributed by atoms with van der Waals surface area (Å²) in [6, 6.07) is 9.75. The molecule has 0 spiro atoms. The minimum Gasteiger partial charge on any atom is -0.495 e. The van der Waals surface area contributed by atoms with Gasteiger partial charge in [0.15, 0.2) is 11.5 Å². The maximum absolute atomic E-state index is 13.4. The van der Waals surface area contributed by atoms with Gasteiger partial charge in [-0.15, -0.1) is 0 Å². The molecule has 8 nitrogen and oxygen atoms in total. The van der Waals surface area contributed by atoms with Crippen LogP contribution in [0.25, 0.3) is 0 Å². The highest BCUT2D eigenvalue weighted by atomic mass is 32.2. The summed E-state index contributed by atoms with van der Waals surface area (Å²) in [5.41, 5.74) is 1.12. The van der Waals surface area contributed by atoms with E-state index in [-0.39, 0.29) is 28.2 Å². The Bertz CT molecular complexity index is 1110. The zero-order valence-electron chi connectivity index (χ0n) is 19.0. The summed E-state index contributed by atoms with van der Waals surface area (Å²) in [6.07, 6.45) is 3.69. The molecular formula is C24H30N2O6S. The summed E-state index contributed by atoms with van der Waals surface area (Å²) in [5.74, 6) is 1.19. The average molecular weight is 475 g/mol. The van der Waals surface area contributed by atoms with E-state index >= 15 is 0 Å². The number of rotatable bonds is 6. The fraction of sp³-hybridized carbons (Fsp3) is 0.458. The van der Waals surface area contributed by atoms with Crippen LogP contribution >= 0.6 is 0 Å². The number of fused-ring (bicyclic) bond motifs is 1. The summed E-state index contributed by atoms with van der Waals surface area (Å²) < 4.78 is 44.7. The predicted molar refractivity (Wildman–Crippen MR) is 124 cm³/mol. The van der Waals surface area contributed by atoms with Gasteiger partial charge in [0.2, 0.25) is 10.0 Å². The number of methoxy groups -OCH3 is 1. The van der Waals surface area contributed by atoms with Gasteiger partial charge in [-0.05, 0) is 55.7 Å². The topological polar surface area (TPSA) is 94.2 Å². The van der Waals surface area contributed by atoms with Crippen LogP contribution in [0.4, 0.5) is 0 Å². The van der Waals surface area contributed by atoms with Gasteiger partial charge in [-0.1, -0.05) is 18.9 Å². The highest BCUT2D eigenvalue weighted by Crippen LogP contribution is 2.33. The molecule has 1 unspecified atom stereocenters. The van der Waals surface area contributed by atoms with E-state index in [0.717, 1.165) is 31.2 Å². The summed E-state index contributed by atoms with van der Waals surface area (Å²) >= 11 is 0. The van der Waals surface area contributed by atoms with Gasteiger partial charge in [0.05, 0.1) is 13.2 Å². The lowest BCUT2D eigenvalue weighted by Crippen LogP contribution is -2.32. The molecule has 178 valence electrons. The summed E-state index contributed by atoms with van der Waals surface area (Å²) in [7, 11) is -2.35. The number of nitrogens with one attached hydrogen (secondary N) is 1. The van der Waals surface area contributed by atoms with Crippen LogP contribution in [0.2, 0.25) is 0 Å². The Morgan fingerprint density at radius 3 is 2.39 bits per heavy atom. The van der Waals surface area contributed by atoms with Gasteiger partial charge in [-0.25, -0.2) is 8.42 Å². The Balaban J connectivity index is 1.55. The van der Waals surface area contributed by atoms with Crippen LogP contribution in [0, 0.1) is 0 Å². The number of hydrogen-bond acceptors (Lipinski definition) is 6. The number of hydrogen-bond donors (Lipinski definition) is 1. The molecule has 2 aromatic rings. The first-order valence-corrected chi connectivity index (χ1v) is 12.7. The Labute approximate surface area is 194 Å². The van der Waals surface area contributed by atoms with Crippen molar-refractivity contribution in [2.24, 2.45) is 0 Å². The number of ether oxygens (including phenoxy) is 3. The lowest BCUT2D eigenvalue weighted by molar-refractivity contribution is 0.0939. The standard InChI is InChI=1S/C24H30N2O6S/c1-17(18-7-9-20-22(15-18)32-14-13-31-20)25-24(27)19-8-10-21(30-2)23(16-19)33(28,29)26-11-5-3-4-6-12-26/h7-10,15-17H,3-6,11-14H2,1-2H3,(H,25,27). The smallest absolute Gasteiger partial charge is 0.251 e. The number of carbonyl (C=O) groups excluding carboxylic acids is 1. The third kappa shape index (κ3) is 5.09. The van der Waals surface area contributed by atoms with Gasteiger partial charge < -0.3 is 19.5 Å². The fourth-order valence-corrected chi connectivity index (χ4v) is 5.83. The first kappa shape index (κ1) is 23.4. The van der Waals surface area contributed by atoms with Gasteiger partial charge in [0, 0.05) is 18.7 Å². The predicted octanol–water partition coefficient (Wildman–Crippen LogP) is 3.52. The van der Waals surface area contributed by atoms with Crippen LogP contribution in [0.1, 0.15) is 54.6 Å². The lowest BCUT2D eigenvalue weighted by atomic mass is 10.1. The van der Waals surface area contributed by atoms with Gasteiger partial charge in [0.1, 0.15) is 23.9 Å². The van der Waals surface area contributed by atoms with Crippen molar-refractivity contribution in [1.29, 1.82) is 0 Å². The number of carbonyl (C=O) groups is 1. The Kier molecular flexibility index (Phi) is 7.09. The maximum atomic E-state index is 13.4. The van der Waals surface area contributed by atoms with E-state index in [4.69, 9.17) is 14.2 Å². The van der Waals surface area contributed by atoms with Crippen LogP contribution in [-0.4, -0.2) is 52.0 Å². The first-order chi connectivity index (χ1) is 15.9. The van der Waals surface area contributed by atoms with Crippen molar-refractivity contribution in [3.05, 3.63) is 47.5 Å². The molecule has 0 saturated carbocycles. The van der Waals surface area contributed by atoms with Crippen molar-refractivity contribution in [2.45, 2.75) is 43.5 Å². The van der Waals surface area contributed by atoms with E-state index in [1.54, 1.807) is 6.07 Å². The molecule has 1 amide bonds. The van der Waals surface area contributed by atoms with Crippen LogP contribution in [0.3, 0.4) is 0 Å². The summed E-state index contributed by atoms with van der Waals surface area (Å²) in [6.45, 7) is 3.81.